The fourth-order valence-electron chi connectivity index (χ4n) is 0.931. The summed E-state index contributed by atoms with van der Waals surface area (Å²) in [6, 6.07) is 4.52. The number of benzene rings is 1. The Morgan fingerprint density at radius 2 is 2.27 bits per heavy atom. The summed E-state index contributed by atoms with van der Waals surface area (Å²) >= 11 is 0. The van der Waals surface area contributed by atoms with E-state index in [4.69, 9.17) is 10.3 Å². The highest BCUT2D eigenvalue weighted by atomic mass is 16.5. The Kier molecular flexibility index (Phi) is 1.03. The zero-order valence-electron chi connectivity index (χ0n) is 5.52. The van der Waals surface area contributed by atoms with Crippen molar-refractivity contribution in [2.75, 3.05) is 0 Å². The average molecular weight is 149 g/mol. The van der Waals surface area contributed by atoms with Gasteiger partial charge in [0.2, 0.25) is 6.33 Å². The summed E-state index contributed by atoms with van der Waals surface area (Å²) < 4.78 is 0.745. The summed E-state index contributed by atoms with van der Waals surface area (Å²) in [5.74, 6) is 0.0988. The van der Waals surface area contributed by atoms with E-state index in [-0.39, 0.29) is 5.75 Å². The molecule has 0 fully saturated rings. The number of imidazole rings is 1. The third-order valence-corrected chi connectivity index (χ3v) is 1.45. The Labute approximate surface area is 62.3 Å². The van der Waals surface area contributed by atoms with Gasteiger partial charge < -0.3 is 10.3 Å². The molecule has 0 unspecified atom stereocenters. The first-order valence-electron chi connectivity index (χ1n) is 3.06. The van der Waals surface area contributed by atoms with Gasteiger partial charge in [0, 0.05) is 6.07 Å². The highest BCUT2D eigenvalue weighted by Gasteiger charge is 2.01. The van der Waals surface area contributed by atoms with Crippen LogP contribution >= 0.6 is 0 Å². The molecule has 2 aromatic rings. The smallest absolute Gasteiger partial charge is 0.215 e. The number of phenolic OH excluding ortho intramolecular Hbond substituents is 1. The second-order valence-corrected chi connectivity index (χ2v) is 2.20. The van der Waals surface area contributed by atoms with E-state index in [1.54, 1.807) is 6.07 Å². The topological polar surface area (TPSA) is 58.3 Å². The van der Waals surface area contributed by atoms with Crippen molar-refractivity contribution in [2.45, 2.75) is 0 Å². The van der Waals surface area contributed by atoms with Gasteiger partial charge in [-0.3, -0.25) is 0 Å². The SMILES string of the molecule is Oc1ccc2n[c]n(O)c2c1. The number of aromatic hydroxyl groups is 1. The Bertz CT molecular complexity index is 394. The number of fused-ring (bicyclic) bond motifs is 1. The molecule has 4 nitrogen and oxygen atoms in total. The maximum absolute atomic E-state index is 9.02. The van der Waals surface area contributed by atoms with E-state index in [1.807, 2.05) is 0 Å². The van der Waals surface area contributed by atoms with Crippen molar-refractivity contribution in [3.63, 3.8) is 0 Å². The largest absolute Gasteiger partial charge is 0.508 e. The number of hydrogen-bond acceptors (Lipinski definition) is 3. The summed E-state index contributed by atoms with van der Waals surface area (Å²) in [5.41, 5.74) is 1.05. The number of hydrogen-bond donors (Lipinski definition) is 2. The number of aromatic nitrogens is 2. The fourth-order valence-corrected chi connectivity index (χ4v) is 0.931. The van der Waals surface area contributed by atoms with E-state index >= 15 is 0 Å². The van der Waals surface area contributed by atoms with Crippen LogP contribution in [0.3, 0.4) is 0 Å². The molecule has 0 amide bonds. The molecule has 1 heterocycles. The zero-order valence-corrected chi connectivity index (χ0v) is 5.52. The van der Waals surface area contributed by atoms with Crippen LogP contribution in [0.5, 0.6) is 5.75 Å². The first-order chi connectivity index (χ1) is 5.27. The van der Waals surface area contributed by atoms with E-state index in [0.717, 1.165) is 4.73 Å². The Balaban J connectivity index is 2.87. The van der Waals surface area contributed by atoms with Gasteiger partial charge in [0.25, 0.3) is 0 Å². The number of phenols is 1. The lowest BCUT2D eigenvalue weighted by atomic mass is 10.3. The Morgan fingerprint density at radius 1 is 1.45 bits per heavy atom. The lowest BCUT2D eigenvalue weighted by Crippen LogP contribution is -1.85. The second-order valence-electron chi connectivity index (χ2n) is 2.20. The third-order valence-electron chi connectivity index (χ3n) is 1.45. The maximum Gasteiger partial charge on any atom is 0.215 e. The van der Waals surface area contributed by atoms with Gasteiger partial charge in [-0.25, -0.2) is 4.98 Å². The van der Waals surface area contributed by atoms with Crippen LogP contribution in [-0.4, -0.2) is 20.0 Å². The number of rotatable bonds is 0. The quantitative estimate of drug-likeness (QED) is 0.544. The van der Waals surface area contributed by atoms with Crippen LogP contribution in [0.4, 0.5) is 0 Å². The highest BCUT2D eigenvalue weighted by Crippen LogP contribution is 2.16. The molecular formula is C7H5N2O2. The standard InChI is InChI=1S/C7H5N2O2/c10-5-1-2-6-7(3-5)9(11)4-8-6/h1-3,10-11H. The lowest BCUT2D eigenvalue weighted by Gasteiger charge is -1.92. The minimum atomic E-state index is 0.0988. The van der Waals surface area contributed by atoms with Crippen LogP contribution in [0.2, 0.25) is 0 Å². The molecule has 2 N–H and O–H groups in total. The maximum atomic E-state index is 9.02. The molecule has 0 aliphatic carbocycles. The predicted molar refractivity (Wildman–Crippen MR) is 37.4 cm³/mol. The Morgan fingerprint density at radius 3 is 3.09 bits per heavy atom. The monoisotopic (exact) mass is 149 g/mol. The Hall–Kier alpha value is -1.71. The van der Waals surface area contributed by atoms with Crippen LogP contribution in [0, 0.1) is 6.33 Å². The molecule has 1 aromatic heterocycles. The van der Waals surface area contributed by atoms with Crippen molar-refractivity contribution in [1.82, 2.24) is 9.71 Å². The minimum Gasteiger partial charge on any atom is -0.508 e. The van der Waals surface area contributed by atoms with Crippen LogP contribution in [-0.2, 0) is 0 Å². The summed E-state index contributed by atoms with van der Waals surface area (Å²) in [5, 5.41) is 18.0. The molecule has 55 valence electrons. The van der Waals surface area contributed by atoms with Crippen molar-refractivity contribution >= 4 is 11.0 Å². The van der Waals surface area contributed by atoms with Crippen LogP contribution < -0.4 is 0 Å². The lowest BCUT2D eigenvalue weighted by molar-refractivity contribution is 0.195. The van der Waals surface area contributed by atoms with Crippen molar-refractivity contribution in [1.29, 1.82) is 0 Å². The second kappa shape index (κ2) is 1.88. The first-order valence-corrected chi connectivity index (χ1v) is 3.06. The van der Waals surface area contributed by atoms with E-state index in [2.05, 4.69) is 11.3 Å². The molecular weight excluding hydrogens is 144 g/mol. The molecule has 2 rings (SSSR count). The normalized spacial score (nSPS) is 10.5. The molecule has 4 heteroatoms. The molecule has 0 bridgehead atoms. The molecule has 0 spiro atoms. The van der Waals surface area contributed by atoms with Gasteiger partial charge in [-0.1, -0.05) is 0 Å². The van der Waals surface area contributed by atoms with Gasteiger partial charge in [-0.05, 0) is 12.1 Å². The predicted octanol–water partition coefficient (Wildman–Crippen LogP) is 0.779. The first kappa shape index (κ1) is 6.03. The van der Waals surface area contributed by atoms with Crippen LogP contribution in [0.1, 0.15) is 0 Å². The van der Waals surface area contributed by atoms with Crippen molar-refractivity contribution in [2.24, 2.45) is 0 Å². The van der Waals surface area contributed by atoms with Gasteiger partial charge in [0.05, 0.1) is 5.52 Å². The molecule has 0 saturated carbocycles. The summed E-state index contributed by atoms with van der Waals surface area (Å²) in [7, 11) is 0. The summed E-state index contributed by atoms with van der Waals surface area (Å²) in [6.07, 6.45) is 2.31. The van der Waals surface area contributed by atoms with Gasteiger partial charge >= 0.3 is 0 Å². The van der Waals surface area contributed by atoms with E-state index in [9.17, 15) is 0 Å². The van der Waals surface area contributed by atoms with E-state index < -0.39 is 0 Å². The van der Waals surface area contributed by atoms with E-state index in [1.165, 1.54) is 12.1 Å². The van der Waals surface area contributed by atoms with Gasteiger partial charge in [-0.2, -0.15) is 4.73 Å². The fraction of sp³-hybridized carbons (Fsp3) is 0. The third kappa shape index (κ3) is 0.797. The van der Waals surface area contributed by atoms with Crippen molar-refractivity contribution in [3.05, 3.63) is 24.5 Å². The molecule has 0 atom stereocenters. The minimum absolute atomic E-state index is 0.0988. The molecule has 0 saturated heterocycles. The van der Waals surface area contributed by atoms with E-state index in [0.29, 0.717) is 11.0 Å². The van der Waals surface area contributed by atoms with Gasteiger partial charge in [0.15, 0.2) is 0 Å². The zero-order chi connectivity index (χ0) is 7.84. The van der Waals surface area contributed by atoms with Gasteiger partial charge in [0.1, 0.15) is 11.3 Å². The van der Waals surface area contributed by atoms with Crippen LogP contribution in [0.15, 0.2) is 18.2 Å². The summed E-state index contributed by atoms with van der Waals surface area (Å²) in [4.78, 5) is 3.74. The van der Waals surface area contributed by atoms with Gasteiger partial charge in [-0.15, -0.1) is 0 Å². The average Bonchev–Trinajstić information content (AvgIpc) is 2.33. The molecule has 0 aliphatic heterocycles. The molecule has 0 aliphatic rings. The van der Waals surface area contributed by atoms with Crippen LogP contribution in [0.25, 0.3) is 11.0 Å². The number of nitrogens with zero attached hydrogens (tertiary/aromatic N) is 2. The summed E-state index contributed by atoms with van der Waals surface area (Å²) in [6.45, 7) is 0. The molecule has 11 heavy (non-hydrogen) atoms. The molecule has 1 radical (unpaired) electrons. The highest BCUT2D eigenvalue weighted by molar-refractivity contribution is 5.76. The van der Waals surface area contributed by atoms with Crippen molar-refractivity contribution in [3.8, 4) is 5.75 Å². The van der Waals surface area contributed by atoms with Crippen molar-refractivity contribution < 1.29 is 10.3 Å². The molecule has 1 aromatic carbocycles.